The Bertz CT molecular complexity index is 802. The van der Waals surface area contributed by atoms with E-state index in [9.17, 15) is 22.4 Å². The summed E-state index contributed by atoms with van der Waals surface area (Å²) < 4.78 is 60.2. The molecule has 0 spiro atoms. The van der Waals surface area contributed by atoms with Crippen LogP contribution in [0.1, 0.15) is 30.5 Å². The number of nitrogens with one attached hydrogen (secondary N) is 1. The van der Waals surface area contributed by atoms with Gasteiger partial charge in [0.15, 0.2) is 0 Å². The van der Waals surface area contributed by atoms with Crippen LogP contribution in [0.25, 0.3) is 11.1 Å². The second kappa shape index (κ2) is 7.76. The summed E-state index contributed by atoms with van der Waals surface area (Å²) in [5.74, 6) is -2.11. The predicted octanol–water partition coefficient (Wildman–Crippen LogP) is 5.31. The van der Waals surface area contributed by atoms with Gasteiger partial charge in [0.25, 0.3) is 0 Å². The normalized spacial score (nSPS) is 11.3. The maximum Gasteiger partial charge on any atom is 0.419 e. The summed E-state index contributed by atoms with van der Waals surface area (Å²) in [7, 11) is 0. The SMILES string of the molecule is CCNc1c(COC(C)=O)c(C(F)(F)F)c(F)c(C)c1-c1ccccc1. The molecule has 0 bridgehead atoms. The summed E-state index contributed by atoms with van der Waals surface area (Å²) in [5.41, 5.74) is -0.946. The summed E-state index contributed by atoms with van der Waals surface area (Å²) in [6.45, 7) is 3.75. The number of anilines is 1. The van der Waals surface area contributed by atoms with E-state index < -0.39 is 35.7 Å². The zero-order valence-electron chi connectivity index (χ0n) is 14.6. The molecule has 0 heterocycles. The Kier molecular flexibility index (Phi) is 5.90. The Labute approximate surface area is 149 Å². The van der Waals surface area contributed by atoms with Crippen molar-refractivity contribution in [3.8, 4) is 11.1 Å². The number of esters is 1. The van der Waals surface area contributed by atoms with E-state index in [1.807, 2.05) is 0 Å². The van der Waals surface area contributed by atoms with Gasteiger partial charge in [0.2, 0.25) is 0 Å². The lowest BCUT2D eigenvalue weighted by molar-refractivity contribution is -0.146. The lowest BCUT2D eigenvalue weighted by atomic mass is 9.90. The third-order valence-corrected chi connectivity index (χ3v) is 3.90. The molecule has 1 N–H and O–H groups in total. The molecular weight excluding hydrogens is 350 g/mol. The zero-order chi connectivity index (χ0) is 19.5. The molecule has 26 heavy (non-hydrogen) atoms. The first-order valence-electron chi connectivity index (χ1n) is 8.03. The van der Waals surface area contributed by atoms with Crippen LogP contribution >= 0.6 is 0 Å². The summed E-state index contributed by atoms with van der Waals surface area (Å²) >= 11 is 0. The number of carbonyl (C=O) groups excluding carboxylic acids is 1. The van der Waals surface area contributed by atoms with Crippen molar-refractivity contribution in [3.05, 3.63) is 52.8 Å². The molecule has 0 aliphatic rings. The van der Waals surface area contributed by atoms with Crippen molar-refractivity contribution in [2.24, 2.45) is 0 Å². The number of ether oxygens (including phenoxy) is 1. The molecule has 0 aliphatic carbocycles. The van der Waals surface area contributed by atoms with E-state index in [1.54, 1.807) is 37.3 Å². The topological polar surface area (TPSA) is 38.3 Å². The zero-order valence-corrected chi connectivity index (χ0v) is 14.6. The Morgan fingerprint density at radius 3 is 2.31 bits per heavy atom. The average molecular weight is 369 g/mol. The number of halogens is 4. The minimum absolute atomic E-state index is 0.117. The predicted molar refractivity (Wildman–Crippen MR) is 91.2 cm³/mol. The molecule has 2 rings (SSSR count). The molecule has 140 valence electrons. The Morgan fingerprint density at radius 1 is 1.19 bits per heavy atom. The molecule has 0 aromatic heterocycles. The van der Waals surface area contributed by atoms with Crippen molar-refractivity contribution >= 4 is 11.7 Å². The summed E-state index contributed by atoms with van der Waals surface area (Å²) in [4.78, 5) is 11.1. The van der Waals surface area contributed by atoms with Gasteiger partial charge in [0.05, 0.1) is 0 Å². The molecular formula is C19H19F4NO2. The van der Waals surface area contributed by atoms with Gasteiger partial charge in [0, 0.05) is 30.3 Å². The van der Waals surface area contributed by atoms with Crippen LogP contribution < -0.4 is 5.32 Å². The van der Waals surface area contributed by atoms with Gasteiger partial charge in [-0.05, 0) is 25.0 Å². The van der Waals surface area contributed by atoms with Gasteiger partial charge in [-0.25, -0.2) is 4.39 Å². The third-order valence-electron chi connectivity index (χ3n) is 3.90. The standard InChI is InChI=1S/C19H19F4NO2/c1-4-24-18-14(10-26-12(3)25)16(19(21,22)23)17(20)11(2)15(18)13-8-6-5-7-9-13/h5-9,24H,4,10H2,1-3H3. The maximum absolute atomic E-state index is 14.8. The monoisotopic (exact) mass is 369 g/mol. The number of rotatable bonds is 5. The molecule has 2 aromatic rings. The molecule has 0 fully saturated rings. The van der Waals surface area contributed by atoms with E-state index >= 15 is 0 Å². The molecule has 0 aliphatic heterocycles. The maximum atomic E-state index is 14.8. The largest absolute Gasteiger partial charge is 0.461 e. The Morgan fingerprint density at radius 2 is 1.81 bits per heavy atom. The number of hydrogen-bond acceptors (Lipinski definition) is 3. The third kappa shape index (κ3) is 3.98. The highest BCUT2D eigenvalue weighted by atomic mass is 19.4. The quantitative estimate of drug-likeness (QED) is 0.573. The van der Waals surface area contributed by atoms with Crippen LogP contribution in [-0.2, 0) is 22.3 Å². The van der Waals surface area contributed by atoms with Crippen LogP contribution in [0.2, 0.25) is 0 Å². The van der Waals surface area contributed by atoms with Crippen molar-refractivity contribution < 1.29 is 27.1 Å². The minimum atomic E-state index is -4.93. The number of alkyl halides is 3. The number of carbonyl (C=O) groups is 1. The van der Waals surface area contributed by atoms with Gasteiger partial charge < -0.3 is 10.1 Å². The van der Waals surface area contributed by atoms with Crippen molar-refractivity contribution in [2.75, 3.05) is 11.9 Å². The van der Waals surface area contributed by atoms with Crippen LogP contribution in [0.4, 0.5) is 23.2 Å². The first kappa shape index (κ1) is 19.8. The van der Waals surface area contributed by atoms with E-state index in [0.29, 0.717) is 17.7 Å². The molecule has 0 atom stereocenters. The van der Waals surface area contributed by atoms with Crippen molar-refractivity contribution in [1.82, 2.24) is 0 Å². The summed E-state index contributed by atoms with van der Waals surface area (Å²) in [6, 6.07) is 8.56. The van der Waals surface area contributed by atoms with E-state index in [0.717, 1.165) is 6.92 Å². The molecule has 3 nitrogen and oxygen atoms in total. The Hall–Kier alpha value is -2.57. The highest BCUT2D eigenvalue weighted by molar-refractivity contribution is 5.84. The van der Waals surface area contributed by atoms with Crippen LogP contribution in [-0.4, -0.2) is 12.5 Å². The summed E-state index contributed by atoms with van der Waals surface area (Å²) in [5, 5.41) is 2.89. The lowest BCUT2D eigenvalue weighted by Crippen LogP contribution is -2.19. The smallest absolute Gasteiger partial charge is 0.419 e. The van der Waals surface area contributed by atoms with E-state index in [2.05, 4.69) is 5.32 Å². The second-order valence-electron chi connectivity index (χ2n) is 5.72. The summed E-state index contributed by atoms with van der Waals surface area (Å²) in [6.07, 6.45) is -4.93. The molecule has 7 heteroatoms. The molecule has 0 saturated carbocycles. The minimum Gasteiger partial charge on any atom is -0.461 e. The molecule has 0 amide bonds. The fourth-order valence-electron chi connectivity index (χ4n) is 2.84. The van der Waals surface area contributed by atoms with E-state index in [1.165, 1.54) is 6.92 Å². The van der Waals surface area contributed by atoms with Gasteiger partial charge >= 0.3 is 12.1 Å². The number of benzene rings is 2. The molecule has 2 aromatic carbocycles. The van der Waals surface area contributed by atoms with Crippen molar-refractivity contribution in [1.29, 1.82) is 0 Å². The second-order valence-corrected chi connectivity index (χ2v) is 5.72. The van der Waals surface area contributed by atoms with Crippen molar-refractivity contribution in [2.45, 2.75) is 33.6 Å². The van der Waals surface area contributed by atoms with Crippen LogP contribution in [0.3, 0.4) is 0 Å². The van der Waals surface area contributed by atoms with Gasteiger partial charge in [-0.2, -0.15) is 13.2 Å². The first-order valence-corrected chi connectivity index (χ1v) is 8.03. The van der Waals surface area contributed by atoms with Gasteiger partial charge in [-0.1, -0.05) is 30.3 Å². The highest BCUT2D eigenvalue weighted by Gasteiger charge is 2.40. The Balaban J connectivity index is 2.87. The van der Waals surface area contributed by atoms with Gasteiger partial charge in [0.1, 0.15) is 18.0 Å². The lowest BCUT2D eigenvalue weighted by Gasteiger charge is -2.24. The van der Waals surface area contributed by atoms with Crippen molar-refractivity contribution in [3.63, 3.8) is 0 Å². The molecule has 0 unspecified atom stereocenters. The fraction of sp³-hybridized carbons (Fsp3) is 0.316. The van der Waals surface area contributed by atoms with E-state index in [4.69, 9.17) is 4.74 Å². The average Bonchev–Trinajstić information content (AvgIpc) is 2.56. The molecule has 0 radical (unpaired) electrons. The van der Waals surface area contributed by atoms with Gasteiger partial charge in [-0.3, -0.25) is 4.79 Å². The van der Waals surface area contributed by atoms with Gasteiger partial charge in [-0.15, -0.1) is 0 Å². The fourth-order valence-corrected chi connectivity index (χ4v) is 2.84. The van der Waals surface area contributed by atoms with Crippen LogP contribution in [0.5, 0.6) is 0 Å². The molecule has 0 saturated heterocycles. The van der Waals surface area contributed by atoms with E-state index in [-0.39, 0.29) is 11.3 Å². The first-order chi connectivity index (χ1) is 12.2. The van der Waals surface area contributed by atoms with Crippen LogP contribution in [0.15, 0.2) is 30.3 Å². The van der Waals surface area contributed by atoms with Crippen LogP contribution in [0, 0.1) is 12.7 Å². The number of hydrogen-bond donors (Lipinski definition) is 1. The highest BCUT2D eigenvalue weighted by Crippen LogP contribution is 2.44.